The first kappa shape index (κ1) is 21.2. The predicted octanol–water partition coefficient (Wildman–Crippen LogP) is 4.81. The number of amides is 1. The van der Waals surface area contributed by atoms with Gasteiger partial charge in [0.2, 0.25) is 5.91 Å². The van der Waals surface area contributed by atoms with Crippen LogP contribution in [0.25, 0.3) is 5.69 Å². The SMILES string of the molecule is CSc1cccc(NC(=O)CSc2ccc(=O)n(-c3ccc(C(C)C)cc3)n2)c1. The lowest BCUT2D eigenvalue weighted by molar-refractivity contribution is -0.113. The van der Waals surface area contributed by atoms with Crippen molar-refractivity contribution in [3.63, 3.8) is 0 Å². The van der Waals surface area contributed by atoms with Crippen molar-refractivity contribution in [1.82, 2.24) is 9.78 Å². The average molecular weight is 426 g/mol. The molecule has 5 nitrogen and oxygen atoms in total. The standard InChI is InChI=1S/C22H23N3O2S2/c1-15(2)16-7-9-18(10-8-16)25-22(27)12-11-21(24-25)29-14-20(26)23-17-5-4-6-19(13-17)28-3/h4-13,15H,14H2,1-3H3,(H,23,26). The quantitative estimate of drug-likeness (QED) is 0.551. The Balaban J connectivity index is 1.68. The molecule has 0 aliphatic carbocycles. The van der Waals surface area contributed by atoms with E-state index in [2.05, 4.69) is 24.3 Å². The van der Waals surface area contributed by atoms with Crippen LogP contribution in [0.4, 0.5) is 5.69 Å². The van der Waals surface area contributed by atoms with Gasteiger partial charge in [0.05, 0.1) is 11.4 Å². The number of hydrogen-bond donors (Lipinski definition) is 1. The first-order chi connectivity index (χ1) is 14.0. The van der Waals surface area contributed by atoms with Crippen LogP contribution in [0.5, 0.6) is 0 Å². The van der Waals surface area contributed by atoms with Crippen molar-refractivity contribution in [2.24, 2.45) is 0 Å². The lowest BCUT2D eigenvalue weighted by Gasteiger charge is -2.09. The zero-order valence-corrected chi connectivity index (χ0v) is 18.2. The molecular weight excluding hydrogens is 402 g/mol. The van der Waals surface area contributed by atoms with Crippen LogP contribution in [0.1, 0.15) is 25.3 Å². The summed E-state index contributed by atoms with van der Waals surface area (Å²) < 4.78 is 1.37. The highest BCUT2D eigenvalue weighted by molar-refractivity contribution is 8.00. The Morgan fingerprint density at radius 1 is 1.10 bits per heavy atom. The summed E-state index contributed by atoms with van der Waals surface area (Å²) in [6.45, 7) is 4.25. The van der Waals surface area contributed by atoms with Crippen LogP contribution in [0.15, 0.2) is 75.4 Å². The molecule has 0 spiro atoms. The van der Waals surface area contributed by atoms with Crippen molar-refractivity contribution in [3.8, 4) is 5.69 Å². The highest BCUT2D eigenvalue weighted by Gasteiger charge is 2.08. The number of carbonyl (C=O) groups excluding carboxylic acids is 1. The van der Waals surface area contributed by atoms with E-state index >= 15 is 0 Å². The molecule has 7 heteroatoms. The van der Waals surface area contributed by atoms with Gasteiger partial charge in [0.1, 0.15) is 5.03 Å². The van der Waals surface area contributed by atoms with Gasteiger partial charge in [-0.2, -0.15) is 9.78 Å². The fourth-order valence-corrected chi connectivity index (χ4v) is 3.81. The molecule has 0 bridgehead atoms. The molecule has 3 rings (SSSR count). The number of nitrogens with zero attached hydrogens (tertiary/aromatic N) is 2. The minimum absolute atomic E-state index is 0.117. The highest BCUT2D eigenvalue weighted by Crippen LogP contribution is 2.20. The van der Waals surface area contributed by atoms with Gasteiger partial charge in [0, 0.05) is 16.6 Å². The fraction of sp³-hybridized carbons (Fsp3) is 0.227. The van der Waals surface area contributed by atoms with Crippen LogP contribution in [0.2, 0.25) is 0 Å². The number of nitrogens with one attached hydrogen (secondary N) is 1. The number of anilines is 1. The van der Waals surface area contributed by atoms with E-state index in [9.17, 15) is 9.59 Å². The summed E-state index contributed by atoms with van der Waals surface area (Å²) in [5, 5.41) is 7.92. The number of aromatic nitrogens is 2. The zero-order valence-electron chi connectivity index (χ0n) is 16.6. The fourth-order valence-electron chi connectivity index (χ4n) is 2.69. The van der Waals surface area contributed by atoms with E-state index < -0.39 is 0 Å². The zero-order chi connectivity index (χ0) is 20.8. The van der Waals surface area contributed by atoms with Gasteiger partial charge in [-0.1, -0.05) is 43.8 Å². The molecule has 1 aromatic heterocycles. The van der Waals surface area contributed by atoms with Gasteiger partial charge in [-0.3, -0.25) is 9.59 Å². The van der Waals surface area contributed by atoms with E-state index in [0.29, 0.717) is 16.6 Å². The Morgan fingerprint density at radius 3 is 2.55 bits per heavy atom. The molecule has 0 saturated heterocycles. The van der Waals surface area contributed by atoms with Crippen molar-refractivity contribution >= 4 is 35.1 Å². The lowest BCUT2D eigenvalue weighted by Crippen LogP contribution is -2.21. The average Bonchev–Trinajstić information content (AvgIpc) is 2.73. The summed E-state index contributed by atoms with van der Waals surface area (Å²) in [5.74, 6) is 0.515. The molecular formula is C22H23N3O2S2. The van der Waals surface area contributed by atoms with Gasteiger partial charge in [-0.05, 0) is 54.1 Å². The van der Waals surface area contributed by atoms with Crippen molar-refractivity contribution in [2.45, 2.75) is 29.7 Å². The summed E-state index contributed by atoms with van der Waals surface area (Å²) in [6, 6.07) is 18.6. The molecule has 0 unspecified atom stereocenters. The van der Waals surface area contributed by atoms with Gasteiger partial charge < -0.3 is 5.32 Å². The van der Waals surface area contributed by atoms with Crippen molar-refractivity contribution < 1.29 is 4.79 Å². The van der Waals surface area contributed by atoms with E-state index in [1.54, 1.807) is 17.8 Å². The molecule has 0 radical (unpaired) electrons. The van der Waals surface area contributed by atoms with E-state index in [4.69, 9.17) is 0 Å². The maximum absolute atomic E-state index is 12.3. The van der Waals surface area contributed by atoms with E-state index in [0.717, 1.165) is 10.6 Å². The van der Waals surface area contributed by atoms with E-state index in [1.807, 2.05) is 54.8 Å². The molecule has 3 aromatic rings. The maximum Gasteiger partial charge on any atom is 0.271 e. The Hall–Kier alpha value is -2.51. The molecule has 150 valence electrons. The third-order valence-corrected chi connectivity index (χ3v) is 5.93. The number of hydrogen-bond acceptors (Lipinski definition) is 5. The molecule has 29 heavy (non-hydrogen) atoms. The molecule has 0 aliphatic rings. The van der Waals surface area contributed by atoms with Crippen molar-refractivity contribution in [3.05, 3.63) is 76.6 Å². The van der Waals surface area contributed by atoms with Crippen molar-refractivity contribution in [2.75, 3.05) is 17.3 Å². The Bertz CT molecular complexity index is 1050. The molecule has 2 aromatic carbocycles. The highest BCUT2D eigenvalue weighted by atomic mass is 32.2. The van der Waals surface area contributed by atoms with Gasteiger partial charge in [-0.15, -0.1) is 11.8 Å². The Kier molecular flexibility index (Phi) is 7.17. The molecule has 0 fully saturated rings. The lowest BCUT2D eigenvalue weighted by atomic mass is 10.0. The summed E-state index contributed by atoms with van der Waals surface area (Å²) >= 11 is 2.92. The van der Waals surface area contributed by atoms with Crippen LogP contribution < -0.4 is 10.9 Å². The van der Waals surface area contributed by atoms with Gasteiger partial charge in [0.15, 0.2) is 0 Å². The largest absolute Gasteiger partial charge is 0.325 e. The van der Waals surface area contributed by atoms with Crippen molar-refractivity contribution in [1.29, 1.82) is 0 Å². The third kappa shape index (κ3) is 5.74. The third-order valence-electron chi connectivity index (χ3n) is 4.28. The first-order valence-electron chi connectivity index (χ1n) is 9.23. The number of rotatable bonds is 7. The second-order valence-corrected chi connectivity index (χ2v) is 8.61. The monoisotopic (exact) mass is 425 g/mol. The Morgan fingerprint density at radius 2 is 1.86 bits per heavy atom. The van der Waals surface area contributed by atoms with Gasteiger partial charge in [-0.25, -0.2) is 0 Å². The van der Waals surface area contributed by atoms with Crippen LogP contribution >= 0.6 is 23.5 Å². The smallest absolute Gasteiger partial charge is 0.271 e. The predicted molar refractivity (Wildman–Crippen MR) is 121 cm³/mol. The second-order valence-electron chi connectivity index (χ2n) is 6.74. The van der Waals surface area contributed by atoms with Gasteiger partial charge >= 0.3 is 0 Å². The summed E-state index contributed by atoms with van der Waals surface area (Å²) in [6.07, 6.45) is 1.99. The van der Waals surface area contributed by atoms with Crippen LogP contribution in [-0.2, 0) is 4.79 Å². The molecule has 0 atom stereocenters. The van der Waals surface area contributed by atoms with E-state index in [-0.39, 0.29) is 17.2 Å². The number of carbonyl (C=O) groups is 1. The molecule has 1 amide bonds. The first-order valence-corrected chi connectivity index (χ1v) is 11.4. The van der Waals surface area contributed by atoms with Crippen LogP contribution in [0, 0.1) is 0 Å². The van der Waals surface area contributed by atoms with Crippen LogP contribution in [-0.4, -0.2) is 27.7 Å². The van der Waals surface area contributed by atoms with Gasteiger partial charge in [0.25, 0.3) is 5.56 Å². The molecule has 1 heterocycles. The summed E-state index contributed by atoms with van der Waals surface area (Å²) in [4.78, 5) is 25.6. The van der Waals surface area contributed by atoms with E-state index in [1.165, 1.54) is 28.1 Å². The molecule has 0 saturated carbocycles. The second kappa shape index (κ2) is 9.80. The normalized spacial score (nSPS) is 10.9. The Labute approximate surface area is 178 Å². The minimum Gasteiger partial charge on any atom is -0.325 e. The number of thioether (sulfide) groups is 2. The maximum atomic E-state index is 12.3. The van der Waals surface area contributed by atoms with Crippen LogP contribution in [0.3, 0.4) is 0 Å². The number of benzene rings is 2. The summed E-state index contributed by atoms with van der Waals surface area (Å²) in [7, 11) is 0. The molecule has 1 N–H and O–H groups in total. The molecule has 0 aliphatic heterocycles. The minimum atomic E-state index is -0.204. The summed E-state index contributed by atoms with van der Waals surface area (Å²) in [5.41, 5.74) is 2.48. The topological polar surface area (TPSA) is 64.0 Å².